The number of nitrogen functional groups attached to an aromatic ring is 1. The lowest BCUT2D eigenvalue weighted by Crippen LogP contribution is -2.16. The molecule has 3 heterocycles. The standard InChI is InChI=1S/C11H14N10/c1-20-4-3-14-8(20)6-15-9-16-10(19-12)18-11(17-9)21-5-2-13-7-21/h2-5,7H,6,12H2,1H3,(H2,15,16,17,18,19). The second kappa shape index (κ2) is 5.54. The fourth-order valence-electron chi connectivity index (χ4n) is 1.73. The molecule has 10 heteroatoms. The third kappa shape index (κ3) is 2.79. The van der Waals surface area contributed by atoms with Gasteiger partial charge in [0.1, 0.15) is 12.2 Å². The molecule has 0 radical (unpaired) electrons. The Morgan fingerprint density at radius 1 is 1.14 bits per heavy atom. The Hall–Kier alpha value is -3.01. The molecule has 0 amide bonds. The highest BCUT2D eigenvalue weighted by Crippen LogP contribution is 2.09. The second-order valence-corrected chi connectivity index (χ2v) is 4.20. The first-order valence-electron chi connectivity index (χ1n) is 6.17. The first kappa shape index (κ1) is 13.0. The SMILES string of the molecule is Cn1ccnc1CNc1nc(NN)nc(-n2ccnc2)n1. The Kier molecular flexibility index (Phi) is 3.43. The van der Waals surface area contributed by atoms with Crippen molar-refractivity contribution in [2.24, 2.45) is 12.9 Å². The molecular formula is C11H14N10. The lowest BCUT2D eigenvalue weighted by atomic mass is 10.6. The quantitative estimate of drug-likeness (QED) is 0.431. The van der Waals surface area contributed by atoms with E-state index in [0.717, 1.165) is 5.82 Å². The van der Waals surface area contributed by atoms with E-state index in [1.54, 1.807) is 29.5 Å². The van der Waals surface area contributed by atoms with Gasteiger partial charge in [-0.25, -0.2) is 15.8 Å². The third-order valence-corrected chi connectivity index (χ3v) is 2.81. The maximum absolute atomic E-state index is 5.38. The van der Waals surface area contributed by atoms with Crippen molar-refractivity contribution in [3.63, 3.8) is 0 Å². The van der Waals surface area contributed by atoms with Crippen LogP contribution < -0.4 is 16.6 Å². The number of imidazole rings is 2. The average molecular weight is 286 g/mol. The van der Waals surface area contributed by atoms with Crippen LogP contribution in [0.4, 0.5) is 11.9 Å². The molecule has 0 fully saturated rings. The van der Waals surface area contributed by atoms with Crippen LogP contribution in [0.5, 0.6) is 0 Å². The largest absolute Gasteiger partial charge is 0.347 e. The minimum atomic E-state index is 0.260. The predicted molar refractivity (Wildman–Crippen MR) is 75.3 cm³/mol. The van der Waals surface area contributed by atoms with E-state index in [2.05, 4.69) is 35.7 Å². The Bertz CT molecular complexity index is 716. The van der Waals surface area contributed by atoms with Gasteiger partial charge in [0.25, 0.3) is 0 Å². The highest BCUT2D eigenvalue weighted by atomic mass is 15.4. The fourth-order valence-corrected chi connectivity index (χ4v) is 1.73. The van der Waals surface area contributed by atoms with Gasteiger partial charge in [0.15, 0.2) is 0 Å². The van der Waals surface area contributed by atoms with Crippen LogP contribution in [0, 0.1) is 0 Å². The van der Waals surface area contributed by atoms with Crippen molar-refractivity contribution in [3.05, 3.63) is 36.9 Å². The van der Waals surface area contributed by atoms with E-state index in [9.17, 15) is 0 Å². The van der Waals surface area contributed by atoms with Gasteiger partial charge >= 0.3 is 0 Å². The molecule has 108 valence electrons. The first-order valence-corrected chi connectivity index (χ1v) is 6.17. The number of hydrazine groups is 1. The number of anilines is 2. The van der Waals surface area contributed by atoms with Crippen LogP contribution in [0.3, 0.4) is 0 Å². The zero-order valence-corrected chi connectivity index (χ0v) is 11.3. The number of nitrogens with one attached hydrogen (secondary N) is 2. The molecule has 0 saturated carbocycles. The number of nitrogens with two attached hydrogens (primary N) is 1. The van der Waals surface area contributed by atoms with Crippen LogP contribution in [0.1, 0.15) is 5.82 Å². The topological polar surface area (TPSA) is 124 Å². The molecule has 10 nitrogen and oxygen atoms in total. The number of hydrogen-bond donors (Lipinski definition) is 3. The molecule has 3 aromatic heterocycles. The molecule has 0 aliphatic carbocycles. The van der Waals surface area contributed by atoms with Crippen molar-refractivity contribution in [2.75, 3.05) is 10.7 Å². The Balaban J connectivity index is 1.84. The van der Waals surface area contributed by atoms with Gasteiger partial charge in [-0.1, -0.05) is 0 Å². The molecule has 0 aliphatic rings. The first-order chi connectivity index (χ1) is 10.3. The lowest BCUT2D eigenvalue weighted by molar-refractivity contribution is 0.803. The monoisotopic (exact) mass is 286 g/mol. The second-order valence-electron chi connectivity index (χ2n) is 4.20. The van der Waals surface area contributed by atoms with E-state index in [-0.39, 0.29) is 5.95 Å². The van der Waals surface area contributed by atoms with Crippen molar-refractivity contribution in [1.82, 2.24) is 34.1 Å². The molecule has 0 aromatic carbocycles. The van der Waals surface area contributed by atoms with E-state index in [1.165, 1.54) is 0 Å². The summed E-state index contributed by atoms with van der Waals surface area (Å²) >= 11 is 0. The maximum atomic E-state index is 5.38. The minimum absolute atomic E-state index is 0.260. The van der Waals surface area contributed by atoms with Crippen LogP contribution in [0.15, 0.2) is 31.1 Å². The summed E-state index contributed by atoms with van der Waals surface area (Å²) in [6, 6.07) is 0. The summed E-state index contributed by atoms with van der Waals surface area (Å²) < 4.78 is 3.57. The zero-order valence-electron chi connectivity index (χ0n) is 11.3. The summed E-state index contributed by atoms with van der Waals surface area (Å²) in [5.41, 5.74) is 2.42. The van der Waals surface area contributed by atoms with Crippen molar-refractivity contribution < 1.29 is 0 Å². The molecular weight excluding hydrogens is 272 g/mol. The minimum Gasteiger partial charge on any atom is -0.347 e. The van der Waals surface area contributed by atoms with Crippen LogP contribution in [0.2, 0.25) is 0 Å². The van der Waals surface area contributed by atoms with E-state index in [1.807, 2.05) is 17.8 Å². The maximum Gasteiger partial charge on any atom is 0.243 e. The van der Waals surface area contributed by atoms with E-state index < -0.39 is 0 Å². The summed E-state index contributed by atoms with van der Waals surface area (Å²) in [4.78, 5) is 20.8. The highest BCUT2D eigenvalue weighted by Gasteiger charge is 2.08. The van der Waals surface area contributed by atoms with Gasteiger partial charge in [0, 0.05) is 31.8 Å². The normalized spacial score (nSPS) is 10.6. The molecule has 4 N–H and O–H groups in total. The molecule has 0 saturated heterocycles. The van der Waals surface area contributed by atoms with Gasteiger partial charge < -0.3 is 9.88 Å². The zero-order chi connectivity index (χ0) is 14.7. The van der Waals surface area contributed by atoms with Crippen molar-refractivity contribution >= 4 is 11.9 Å². The molecule has 0 aliphatic heterocycles. The van der Waals surface area contributed by atoms with Gasteiger partial charge in [0.2, 0.25) is 17.8 Å². The molecule has 3 rings (SSSR count). The third-order valence-electron chi connectivity index (χ3n) is 2.81. The van der Waals surface area contributed by atoms with Crippen LogP contribution >= 0.6 is 0 Å². The fraction of sp³-hybridized carbons (Fsp3) is 0.182. The van der Waals surface area contributed by atoms with Crippen LogP contribution in [-0.4, -0.2) is 34.1 Å². The molecule has 3 aromatic rings. The van der Waals surface area contributed by atoms with Gasteiger partial charge in [-0.15, -0.1) is 0 Å². The van der Waals surface area contributed by atoms with E-state index in [4.69, 9.17) is 5.84 Å². The van der Waals surface area contributed by atoms with Crippen LogP contribution in [0.25, 0.3) is 5.95 Å². The van der Waals surface area contributed by atoms with Crippen molar-refractivity contribution in [3.8, 4) is 5.95 Å². The molecule has 0 bridgehead atoms. The summed E-state index contributed by atoms with van der Waals surface area (Å²) in [5.74, 6) is 7.31. The summed E-state index contributed by atoms with van der Waals surface area (Å²) in [6.07, 6.45) is 8.57. The smallest absolute Gasteiger partial charge is 0.243 e. The van der Waals surface area contributed by atoms with Gasteiger partial charge in [-0.05, 0) is 0 Å². The highest BCUT2D eigenvalue weighted by molar-refractivity contribution is 5.37. The Morgan fingerprint density at radius 3 is 2.67 bits per heavy atom. The van der Waals surface area contributed by atoms with Crippen molar-refractivity contribution in [1.29, 1.82) is 0 Å². The lowest BCUT2D eigenvalue weighted by Gasteiger charge is -2.08. The number of aryl methyl sites for hydroxylation is 1. The number of hydrogen-bond acceptors (Lipinski definition) is 8. The van der Waals surface area contributed by atoms with Crippen LogP contribution in [-0.2, 0) is 13.6 Å². The Labute approximate surface area is 120 Å². The molecule has 0 unspecified atom stereocenters. The number of nitrogens with zero attached hydrogens (tertiary/aromatic N) is 7. The summed E-state index contributed by atoms with van der Waals surface area (Å²) in [6.45, 7) is 0.487. The van der Waals surface area contributed by atoms with Gasteiger partial charge in [-0.2, -0.15) is 15.0 Å². The summed E-state index contributed by atoms with van der Waals surface area (Å²) in [5, 5.41) is 3.09. The number of rotatable bonds is 5. The Morgan fingerprint density at radius 2 is 2.00 bits per heavy atom. The van der Waals surface area contributed by atoms with Crippen molar-refractivity contribution in [2.45, 2.75) is 6.54 Å². The number of aromatic nitrogens is 7. The average Bonchev–Trinajstić information content (AvgIpc) is 3.16. The molecule has 21 heavy (non-hydrogen) atoms. The molecule has 0 spiro atoms. The molecule has 0 atom stereocenters. The van der Waals surface area contributed by atoms with Gasteiger partial charge in [-0.3, -0.25) is 9.99 Å². The van der Waals surface area contributed by atoms with E-state index >= 15 is 0 Å². The predicted octanol–water partition coefficient (Wildman–Crippen LogP) is -0.311. The van der Waals surface area contributed by atoms with E-state index in [0.29, 0.717) is 18.4 Å². The summed E-state index contributed by atoms with van der Waals surface area (Å²) in [7, 11) is 1.92. The van der Waals surface area contributed by atoms with Gasteiger partial charge in [0.05, 0.1) is 6.54 Å².